The second kappa shape index (κ2) is 5.25. The first kappa shape index (κ1) is 12.0. The summed E-state index contributed by atoms with van der Waals surface area (Å²) in [6.45, 7) is 1.69. The summed E-state index contributed by atoms with van der Waals surface area (Å²) >= 11 is 0. The second-order valence-electron chi connectivity index (χ2n) is 4.76. The lowest BCUT2D eigenvalue weighted by molar-refractivity contribution is -0.141. The molecule has 1 aromatic rings. The molecule has 1 N–H and O–H groups in total. The summed E-state index contributed by atoms with van der Waals surface area (Å²) in [6, 6.07) is 0. The number of carbonyl (C=O) groups is 1. The van der Waals surface area contributed by atoms with Gasteiger partial charge < -0.3 is 5.11 Å². The van der Waals surface area contributed by atoms with E-state index < -0.39 is 11.9 Å². The van der Waals surface area contributed by atoms with Crippen LogP contribution in [-0.4, -0.2) is 21.0 Å². The van der Waals surface area contributed by atoms with Gasteiger partial charge in [0.15, 0.2) is 0 Å². The highest BCUT2D eigenvalue weighted by Gasteiger charge is 2.16. The van der Waals surface area contributed by atoms with Gasteiger partial charge >= 0.3 is 5.97 Å². The van der Waals surface area contributed by atoms with Crippen LogP contribution in [0.2, 0.25) is 0 Å². The predicted octanol–water partition coefficient (Wildman–Crippen LogP) is 2.01. The summed E-state index contributed by atoms with van der Waals surface area (Å²) in [7, 11) is 0. The van der Waals surface area contributed by atoms with Gasteiger partial charge in [-0.1, -0.05) is 13.3 Å². The molecule has 0 saturated heterocycles. The average molecular weight is 234 g/mol. The standard InChI is InChI=1S/C13H18N2O2/c1-9(13(16)17)7-12-14-8-10-5-3-2-4-6-11(10)15-12/h8-9H,2-7H2,1H3,(H,16,17). The van der Waals surface area contributed by atoms with Crippen molar-refractivity contribution in [2.45, 2.75) is 45.4 Å². The molecular formula is C13H18N2O2. The van der Waals surface area contributed by atoms with E-state index in [1.165, 1.54) is 24.8 Å². The highest BCUT2D eigenvalue weighted by atomic mass is 16.4. The molecule has 0 spiro atoms. The number of carboxylic acid groups (broad SMARTS) is 1. The molecule has 0 amide bonds. The summed E-state index contributed by atoms with van der Waals surface area (Å²) in [5.41, 5.74) is 2.37. The van der Waals surface area contributed by atoms with E-state index in [4.69, 9.17) is 5.11 Å². The van der Waals surface area contributed by atoms with Crippen molar-refractivity contribution < 1.29 is 9.90 Å². The number of fused-ring (bicyclic) bond motifs is 1. The highest BCUT2D eigenvalue weighted by molar-refractivity contribution is 5.69. The Bertz CT molecular complexity index is 418. The minimum absolute atomic E-state index is 0.418. The van der Waals surface area contributed by atoms with Crippen LogP contribution in [-0.2, 0) is 24.1 Å². The largest absolute Gasteiger partial charge is 0.481 e. The fraction of sp³-hybridized carbons (Fsp3) is 0.615. The van der Waals surface area contributed by atoms with Crippen LogP contribution in [0.3, 0.4) is 0 Å². The Morgan fingerprint density at radius 3 is 2.94 bits per heavy atom. The third-order valence-electron chi connectivity index (χ3n) is 3.27. The first-order valence-electron chi connectivity index (χ1n) is 6.23. The summed E-state index contributed by atoms with van der Waals surface area (Å²) < 4.78 is 0. The van der Waals surface area contributed by atoms with E-state index in [1.807, 2.05) is 6.20 Å². The Morgan fingerprint density at radius 1 is 1.41 bits per heavy atom. The van der Waals surface area contributed by atoms with E-state index in [1.54, 1.807) is 6.92 Å². The van der Waals surface area contributed by atoms with E-state index in [0.29, 0.717) is 12.2 Å². The van der Waals surface area contributed by atoms with Crippen LogP contribution >= 0.6 is 0 Å². The molecule has 0 bridgehead atoms. The molecule has 1 unspecified atom stereocenters. The van der Waals surface area contributed by atoms with Gasteiger partial charge in [0, 0.05) is 18.3 Å². The van der Waals surface area contributed by atoms with Crippen LogP contribution in [0.15, 0.2) is 6.20 Å². The normalized spacial score (nSPS) is 17.0. The van der Waals surface area contributed by atoms with Crippen molar-refractivity contribution in [2.75, 3.05) is 0 Å². The number of aliphatic carboxylic acids is 1. The van der Waals surface area contributed by atoms with Crippen molar-refractivity contribution >= 4 is 5.97 Å². The number of hydrogen-bond donors (Lipinski definition) is 1. The lowest BCUT2D eigenvalue weighted by Crippen LogP contribution is -2.15. The number of rotatable bonds is 3. The molecule has 0 fully saturated rings. The van der Waals surface area contributed by atoms with Gasteiger partial charge in [-0.2, -0.15) is 0 Å². The Kier molecular flexibility index (Phi) is 3.71. The molecule has 0 radical (unpaired) electrons. The van der Waals surface area contributed by atoms with Crippen LogP contribution < -0.4 is 0 Å². The van der Waals surface area contributed by atoms with Crippen LogP contribution in [0, 0.1) is 5.92 Å². The van der Waals surface area contributed by atoms with Gasteiger partial charge in [0.25, 0.3) is 0 Å². The molecule has 2 rings (SSSR count). The lowest BCUT2D eigenvalue weighted by atomic mass is 10.1. The summed E-state index contributed by atoms with van der Waals surface area (Å²) in [6.07, 6.45) is 8.01. The minimum atomic E-state index is -0.788. The number of nitrogens with zero attached hydrogens (tertiary/aromatic N) is 2. The zero-order valence-electron chi connectivity index (χ0n) is 10.1. The molecule has 0 aliphatic heterocycles. The molecular weight excluding hydrogens is 216 g/mol. The van der Waals surface area contributed by atoms with Crippen molar-refractivity contribution in [3.05, 3.63) is 23.3 Å². The van der Waals surface area contributed by atoms with Crippen molar-refractivity contribution in [3.8, 4) is 0 Å². The SMILES string of the molecule is CC(Cc1ncc2c(n1)CCCCC2)C(=O)O. The maximum atomic E-state index is 10.8. The Hall–Kier alpha value is -1.45. The predicted molar refractivity (Wildman–Crippen MR) is 63.8 cm³/mol. The fourth-order valence-corrected chi connectivity index (χ4v) is 2.15. The van der Waals surface area contributed by atoms with Gasteiger partial charge in [0.05, 0.1) is 5.92 Å². The zero-order valence-corrected chi connectivity index (χ0v) is 10.1. The molecule has 92 valence electrons. The first-order valence-corrected chi connectivity index (χ1v) is 6.23. The minimum Gasteiger partial charge on any atom is -0.481 e. The summed E-state index contributed by atoms with van der Waals surface area (Å²) in [5.74, 6) is -0.539. The van der Waals surface area contributed by atoms with Crippen LogP contribution in [0.1, 0.15) is 43.3 Å². The molecule has 1 atom stereocenters. The van der Waals surface area contributed by atoms with E-state index in [-0.39, 0.29) is 0 Å². The van der Waals surface area contributed by atoms with Gasteiger partial charge in [0.1, 0.15) is 5.82 Å². The monoisotopic (exact) mass is 234 g/mol. The van der Waals surface area contributed by atoms with Crippen LogP contribution in [0.5, 0.6) is 0 Å². The van der Waals surface area contributed by atoms with E-state index in [0.717, 1.165) is 18.5 Å². The molecule has 0 saturated carbocycles. The van der Waals surface area contributed by atoms with Crippen molar-refractivity contribution in [1.82, 2.24) is 9.97 Å². The molecule has 4 heteroatoms. The number of aryl methyl sites for hydroxylation is 2. The van der Waals surface area contributed by atoms with Gasteiger partial charge in [-0.15, -0.1) is 0 Å². The van der Waals surface area contributed by atoms with Crippen LogP contribution in [0.4, 0.5) is 0 Å². The van der Waals surface area contributed by atoms with E-state index in [2.05, 4.69) is 9.97 Å². The molecule has 1 heterocycles. The second-order valence-corrected chi connectivity index (χ2v) is 4.76. The number of carboxylic acids is 1. The van der Waals surface area contributed by atoms with Gasteiger partial charge in [0.2, 0.25) is 0 Å². The van der Waals surface area contributed by atoms with Crippen molar-refractivity contribution in [2.24, 2.45) is 5.92 Å². The number of aromatic nitrogens is 2. The van der Waals surface area contributed by atoms with Crippen molar-refractivity contribution in [1.29, 1.82) is 0 Å². The van der Waals surface area contributed by atoms with E-state index >= 15 is 0 Å². The topological polar surface area (TPSA) is 63.1 Å². The van der Waals surface area contributed by atoms with Crippen molar-refractivity contribution in [3.63, 3.8) is 0 Å². The Morgan fingerprint density at radius 2 is 2.18 bits per heavy atom. The van der Waals surface area contributed by atoms with Gasteiger partial charge in [-0.25, -0.2) is 9.97 Å². The molecule has 1 aromatic heterocycles. The summed E-state index contributed by atoms with van der Waals surface area (Å²) in [4.78, 5) is 19.6. The smallest absolute Gasteiger partial charge is 0.306 e. The molecule has 1 aliphatic carbocycles. The third-order valence-corrected chi connectivity index (χ3v) is 3.27. The molecule has 17 heavy (non-hydrogen) atoms. The van der Waals surface area contributed by atoms with Gasteiger partial charge in [-0.3, -0.25) is 4.79 Å². The quantitative estimate of drug-likeness (QED) is 0.812. The summed E-state index contributed by atoms with van der Waals surface area (Å²) in [5, 5.41) is 8.87. The lowest BCUT2D eigenvalue weighted by Gasteiger charge is -2.08. The van der Waals surface area contributed by atoms with E-state index in [9.17, 15) is 4.79 Å². The molecule has 0 aromatic carbocycles. The number of hydrogen-bond acceptors (Lipinski definition) is 3. The maximum Gasteiger partial charge on any atom is 0.306 e. The van der Waals surface area contributed by atoms with Gasteiger partial charge in [-0.05, 0) is 31.2 Å². The Labute approximate surface area is 101 Å². The highest BCUT2D eigenvalue weighted by Crippen LogP contribution is 2.18. The third kappa shape index (κ3) is 3.02. The Balaban J connectivity index is 2.15. The fourth-order valence-electron chi connectivity index (χ4n) is 2.15. The zero-order chi connectivity index (χ0) is 12.3. The maximum absolute atomic E-state index is 10.8. The molecule has 4 nitrogen and oxygen atoms in total. The average Bonchev–Trinajstić information content (AvgIpc) is 2.53. The molecule has 1 aliphatic rings. The first-order chi connectivity index (χ1) is 8.16. The van der Waals surface area contributed by atoms with Crippen LogP contribution in [0.25, 0.3) is 0 Å².